The highest BCUT2D eigenvalue weighted by Gasteiger charge is 2.23. The van der Waals surface area contributed by atoms with Gasteiger partial charge in [-0.05, 0) is 33.4 Å². The Kier molecular flexibility index (Phi) is 4.81. The Morgan fingerprint density at radius 1 is 1.47 bits per heavy atom. The van der Waals surface area contributed by atoms with Gasteiger partial charge in [-0.3, -0.25) is 5.84 Å². The highest BCUT2D eigenvalue weighted by Crippen LogP contribution is 2.38. The number of hydrogen-bond acceptors (Lipinski definition) is 4. The smallest absolute Gasteiger partial charge is 0.148 e. The maximum Gasteiger partial charge on any atom is 0.148 e. The fourth-order valence-corrected chi connectivity index (χ4v) is 3.17. The van der Waals surface area contributed by atoms with Crippen LogP contribution in [0, 0.1) is 5.82 Å². The topological polar surface area (TPSA) is 47.3 Å². The monoisotopic (exact) mass is 364 g/mol. The summed E-state index contributed by atoms with van der Waals surface area (Å²) in [6.07, 6.45) is 0. The second kappa shape index (κ2) is 6.19. The molecule has 0 aliphatic carbocycles. The summed E-state index contributed by atoms with van der Waals surface area (Å²) in [4.78, 5) is 0.794. The Balaban J connectivity index is 2.52. The zero-order valence-corrected chi connectivity index (χ0v) is 13.1. The van der Waals surface area contributed by atoms with Gasteiger partial charge in [0.25, 0.3) is 0 Å². The number of hydrogen-bond donors (Lipinski definition) is 2. The molecule has 0 fully saturated rings. The molecule has 1 atom stereocenters. The lowest BCUT2D eigenvalue weighted by atomic mass is 10.0. The molecule has 2 aromatic rings. The molecule has 1 aromatic carbocycles. The molecule has 1 aromatic heterocycles. The van der Waals surface area contributed by atoms with Gasteiger partial charge in [-0.2, -0.15) is 0 Å². The van der Waals surface area contributed by atoms with E-state index in [0.29, 0.717) is 15.8 Å². The molecule has 0 radical (unpaired) electrons. The molecule has 1 heterocycles. The van der Waals surface area contributed by atoms with E-state index in [4.69, 9.17) is 22.2 Å². The molecule has 0 saturated carbocycles. The Labute approximate surface area is 127 Å². The minimum atomic E-state index is -0.513. The van der Waals surface area contributed by atoms with Gasteiger partial charge in [-0.1, -0.05) is 17.7 Å². The van der Waals surface area contributed by atoms with Gasteiger partial charge in [0.1, 0.15) is 11.6 Å². The SMILES string of the molecule is COc1ccsc1C(NN)c1ccc(Br)c(Cl)c1F. The van der Waals surface area contributed by atoms with E-state index >= 15 is 0 Å². The number of ether oxygens (including phenoxy) is 1. The van der Waals surface area contributed by atoms with E-state index in [1.54, 1.807) is 19.2 Å². The summed E-state index contributed by atoms with van der Waals surface area (Å²) in [5.41, 5.74) is 2.97. The Hall–Kier alpha value is -0.660. The third kappa shape index (κ3) is 2.78. The average molecular weight is 366 g/mol. The highest BCUT2D eigenvalue weighted by atomic mass is 79.9. The molecule has 0 aliphatic rings. The van der Waals surface area contributed by atoms with Gasteiger partial charge in [-0.15, -0.1) is 11.3 Å². The van der Waals surface area contributed by atoms with Gasteiger partial charge < -0.3 is 4.74 Å². The number of methoxy groups -OCH3 is 1. The first-order chi connectivity index (χ1) is 9.10. The van der Waals surface area contributed by atoms with Crippen LogP contribution in [0.4, 0.5) is 4.39 Å². The predicted molar refractivity (Wildman–Crippen MR) is 79.1 cm³/mol. The maximum absolute atomic E-state index is 14.2. The highest BCUT2D eigenvalue weighted by molar-refractivity contribution is 9.10. The Bertz CT molecular complexity index is 593. The third-order valence-electron chi connectivity index (χ3n) is 2.68. The second-order valence-electron chi connectivity index (χ2n) is 3.72. The third-order valence-corrected chi connectivity index (χ3v) is 4.90. The second-order valence-corrected chi connectivity index (χ2v) is 5.90. The van der Waals surface area contributed by atoms with Crippen molar-refractivity contribution in [2.75, 3.05) is 7.11 Å². The van der Waals surface area contributed by atoms with E-state index in [1.807, 2.05) is 11.4 Å². The van der Waals surface area contributed by atoms with Crippen LogP contribution in [0.25, 0.3) is 0 Å². The predicted octanol–water partition coefficient (Wildman–Crippen LogP) is 3.86. The zero-order valence-electron chi connectivity index (χ0n) is 9.91. The molecule has 3 N–H and O–H groups in total. The van der Waals surface area contributed by atoms with E-state index in [0.717, 1.165) is 4.88 Å². The van der Waals surface area contributed by atoms with Crippen molar-refractivity contribution in [3.05, 3.63) is 49.3 Å². The van der Waals surface area contributed by atoms with Crippen molar-refractivity contribution >= 4 is 38.9 Å². The quantitative estimate of drug-likeness (QED) is 0.491. The first-order valence-electron chi connectivity index (χ1n) is 5.31. The molecule has 102 valence electrons. The summed E-state index contributed by atoms with van der Waals surface area (Å²) in [5, 5.41) is 1.89. The van der Waals surface area contributed by atoms with Gasteiger partial charge >= 0.3 is 0 Å². The van der Waals surface area contributed by atoms with Gasteiger partial charge in [0.05, 0.1) is 23.1 Å². The van der Waals surface area contributed by atoms with Gasteiger partial charge in [0.2, 0.25) is 0 Å². The van der Waals surface area contributed by atoms with Crippen LogP contribution in [-0.4, -0.2) is 7.11 Å². The molecule has 0 amide bonds. The summed E-state index contributed by atoms with van der Waals surface area (Å²) in [6.45, 7) is 0. The van der Waals surface area contributed by atoms with Gasteiger partial charge in [0.15, 0.2) is 0 Å². The van der Waals surface area contributed by atoms with Crippen molar-refractivity contribution in [2.24, 2.45) is 5.84 Å². The Morgan fingerprint density at radius 2 is 2.21 bits per heavy atom. The van der Waals surface area contributed by atoms with Crippen molar-refractivity contribution < 1.29 is 9.13 Å². The first kappa shape index (κ1) is 14.7. The van der Waals surface area contributed by atoms with Gasteiger partial charge in [-0.25, -0.2) is 9.82 Å². The van der Waals surface area contributed by atoms with Crippen molar-refractivity contribution in [1.82, 2.24) is 5.43 Å². The molecular weight excluding hydrogens is 355 g/mol. The van der Waals surface area contributed by atoms with E-state index in [9.17, 15) is 4.39 Å². The van der Waals surface area contributed by atoms with E-state index in [2.05, 4.69) is 21.4 Å². The normalized spacial score (nSPS) is 12.5. The fraction of sp³-hybridized carbons (Fsp3) is 0.167. The molecule has 0 bridgehead atoms. The van der Waals surface area contributed by atoms with Crippen LogP contribution in [0.15, 0.2) is 28.1 Å². The molecule has 1 unspecified atom stereocenters. The van der Waals surface area contributed by atoms with Crippen molar-refractivity contribution in [3.63, 3.8) is 0 Å². The standard InChI is InChI=1S/C12H11BrClFN2OS/c1-18-8-4-5-19-12(8)11(17-16)6-2-3-7(13)9(14)10(6)15/h2-5,11,17H,16H2,1H3. The van der Waals surface area contributed by atoms with Crippen molar-refractivity contribution in [2.45, 2.75) is 6.04 Å². The molecule has 19 heavy (non-hydrogen) atoms. The minimum Gasteiger partial charge on any atom is -0.496 e. The van der Waals surface area contributed by atoms with Crippen LogP contribution in [-0.2, 0) is 0 Å². The average Bonchev–Trinajstić information content (AvgIpc) is 2.88. The van der Waals surface area contributed by atoms with Crippen LogP contribution < -0.4 is 16.0 Å². The zero-order chi connectivity index (χ0) is 14.0. The molecule has 7 heteroatoms. The van der Waals surface area contributed by atoms with E-state index in [1.165, 1.54) is 11.3 Å². The lowest BCUT2D eigenvalue weighted by molar-refractivity contribution is 0.407. The molecule has 0 aliphatic heterocycles. The van der Waals surface area contributed by atoms with Crippen LogP contribution in [0.1, 0.15) is 16.5 Å². The van der Waals surface area contributed by atoms with Crippen LogP contribution in [0.3, 0.4) is 0 Å². The van der Waals surface area contributed by atoms with Crippen LogP contribution in [0.5, 0.6) is 5.75 Å². The first-order valence-corrected chi connectivity index (χ1v) is 7.36. The van der Waals surface area contributed by atoms with Crippen molar-refractivity contribution in [3.8, 4) is 5.75 Å². The van der Waals surface area contributed by atoms with Crippen LogP contribution in [0.2, 0.25) is 5.02 Å². The summed E-state index contributed by atoms with van der Waals surface area (Å²) >= 11 is 10.5. The van der Waals surface area contributed by atoms with Crippen LogP contribution >= 0.6 is 38.9 Å². The largest absolute Gasteiger partial charge is 0.496 e. The molecule has 0 saturated heterocycles. The van der Waals surface area contributed by atoms with Crippen molar-refractivity contribution in [1.29, 1.82) is 0 Å². The van der Waals surface area contributed by atoms with E-state index < -0.39 is 11.9 Å². The molecule has 0 spiro atoms. The number of thiophene rings is 1. The summed E-state index contributed by atoms with van der Waals surface area (Å²) in [5.74, 6) is 5.71. The number of benzene rings is 1. The number of halogens is 3. The maximum atomic E-state index is 14.2. The number of hydrazine groups is 1. The van der Waals surface area contributed by atoms with Gasteiger partial charge in [0, 0.05) is 10.0 Å². The summed E-state index contributed by atoms with van der Waals surface area (Å²) < 4.78 is 20.0. The lowest BCUT2D eigenvalue weighted by Crippen LogP contribution is -2.29. The molecular formula is C12H11BrClFN2OS. The van der Waals surface area contributed by atoms with E-state index in [-0.39, 0.29) is 5.02 Å². The molecule has 2 rings (SSSR count). The molecule has 3 nitrogen and oxygen atoms in total. The Morgan fingerprint density at radius 3 is 2.84 bits per heavy atom. The number of nitrogens with two attached hydrogens (primary N) is 1. The number of nitrogens with one attached hydrogen (secondary N) is 1. The minimum absolute atomic E-state index is 0.0354. The number of rotatable bonds is 4. The summed E-state index contributed by atoms with van der Waals surface area (Å²) in [7, 11) is 1.56. The lowest BCUT2D eigenvalue weighted by Gasteiger charge is -2.18. The summed E-state index contributed by atoms with van der Waals surface area (Å²) in [6, 6.07) is 4.61. The fourth-order valence-electron chi connectivity index (χ4n) is 1.76.